The third kappa shape index (κ3) is 1.89. The zero-order valence-corrected chi connectivity index (χ0v) is 9.33. The van der Waals surface area contributed by atoms with Crippen molar-refractivity contribution in [2.24, 2.45) is 5.73 Å². The van der Waals surface area contributed by atoms with Crippen molar-refractivity contribution in [3.8, 4) is 0 Å². The molecule has 7 nitrogen and oxygen atoms in total. The van der Waals surface area contributed by atoms with Gasteiger partial charge in [-0.1, -0.05) is 18.2 Å². The van der Waals surface area contributed by atoms with Crippen LogP contribution in [0.4, 0.5) is 0 Å². The van der Waals surface area contributed by atoms with Gasteiger partial charge in [-0.25, -0.2) is 8.42 Å². The van der Waals surface area contributed by atoms with Crippen LogP contribution in [0.1, 0.15) is 10.6 Å². The van der Waals surface area contributed by atoms with Crippen molar-refractivity contribution in [1.29, 1.82) is 0 Å². The molecule has 0 bridgehead atoms. The first-order chi connectivity index (χ1) is 8.03. The molecule has 0 unspecified atom stereocenters. The van der Waals surface area contributed by atoms with E-state index in [2.05, 4.69) is 10.2 Å². The van der Waals surface area contributed by atoms with E-state index in [1.807, 2.05) is 0 Å². The largest absolute Gasteiger partial charge is 0.363 e. The molecular formula is C9H8N4O3S. The number of hydrogen-bond donors (Lipinski definition) is 1. The Balaban J connectivity index is 2.61. The van der Waals surface area contributed by atoms with Gasteiger partial charge in [-0.2, -0.15) is 3.97 Å². The highest BCUT2D eigenvalue weighted by Crippen LogP contribution is 2.13. The summed E-state index contributed by atoms with van der Waals surface area (Å²) >= 11 is 0. The standard InChI is InChI=1S/C9H8N4O3S/c10-8(14)9-12-11-6-13(9)17(15,16)7-4-2-1-3-5-7/h1-6H,(H2,10,14). The monoisotopic (exact) mass is 252 g/mol. The van der Waals surface area contributed by atoms with Crippen molar-refractivity contribution in [2.45, 2.75) is 4.90 Å². The quantitative estimate of drug-likeness (QED) is 0.800. The fourth-order valence-electron chi connectivity index (χ4n) is 1.27. The molecule has 2 N–H and O–H groups in total. The Morgan fingerprint density at radius 2 is 1.88 bits per heavy atom. The topological polar surface area (TPSA) is 108 Å². The molecule has 0 radical (unpaired) electrons. The van der Waals surface area contributed by atoms with Crippen LogP contribution in [0.5, 0.6) is 0 Å². The van der Waals surface area contributed by atoms with Crippen molar-refractivity contribution in [1.82, 2.24) is 14.2 Å². The predicted molar refractivity (Wildman–Crippen MR) is 57.6 cm³/mol. The maximum Gasteiger partial charge on any atom is 0.287 e. The Bertz CT molecular complexity index is 648. The van der Waals surface area contributed by atoms with Crippen LogP contribution >= 0.6 is 0 Å². The van der Waals surface area contributed by atoms with Crippen LogP contribution in [0, 0.1) is 0 Å². The van der Waals surface area contributed by atoms with E-state index in [1.54, 1.807) is 18.2 Å². The van der Waals surface area contributed by atoms with Crippen LogP contribution in [-0.4, -0.2) is 28.5 Å². The first kappa shape index (κ1) is 11.3. The highest BCUT2D eigenvalue weighted by molar-refractivity contribution is 7.90. The van der Waals surface area contributed by atoms with Gasteiger partial charge in [0, 0.05) is 0 Å². The fourth-order valence-corrected chi connectivity index (χ4v) is 2.51. The molecule has 1 aromatic carbocycles. The molecule has 0 fully saturated rings. The Morgan fingerprint density at radius 1 is 1.24 bits per heavy atom. The summed E-state index contributed by atoms with van der Waals surface area (Å²) in [5.41, 5.74) is 5.01. The van der Waals surface area contributed by atoms with Crippen LogP contribution in [0.3, 0.4) is 0 Å². The number of nitrogens with zero attached hydrogens (tertiary/aromatic N) is 3. The summed E-state index contributed by atoms with van der Waals surface area (Å²) in [6.07, 6.45) is 0.933. The summed E-state index contributed by atoms with van der Waals surface area (Å²) in [5.74, 6) is -1.38. The number of benzene rings is 1. The number of nitrogens with two attached hydrogens (primary N) is 1. The van der Waals surface area contributed by atoms with Gasteiger partial charge in [-0.05, 0) is 12.1 Å². The molecule has 0 saturated heterocycles. The summed E-state index contributed by atoms with van der Waals surface area (Å²) in [5, 5.41) is 6.73. The zero-order valence-electron chi connectivity index (χ0n) is 8.52. The number of hydrogen-bond acceptors (Lipinski definition) is 5. The van der Waals surface area contributed by atoms with Gasteiger partial charge in [0.25, 0.3) is 15.9 Å². The average Bonchev–Trinajstić information content (AvgIpc) is 2.80. The average molecular weight is 252 g/mol. The van der Waals surface area contributed by atoms with Crippen molar-refractivity contribution < 1.29 is 13.2 Å². The van der Waals surface area contributed by atoms with E-state index in [-0.39, 0.29) is 4.90 Å². The van der Waals surface area contributed by atoms with Gasteiger partial charge in [0.1, 0.15) is 6.33 Å². The minimum atomic E-state index is -3.88. The normalized spacial score (nSPS) is 11.3. The minimum Gasteiger partial charge on any atom is -0.363 e. The third-order valence-corrected chi connectivity index (χ3v) is 3.69. The maximum absolute atomic E-state index is 12.1. The van der Waals surface area contributed by atoms with Gasteiger partial charge in [0.2, 0.25) is 5.82 Å². The number of rotatable bonds is 3. The van der Waals surface area contributed by atoms with E-state index >= 15 is 0 Å². The lowest BCUT2D eigenvalue weighted by Crippen LogP contribution is -2.23. The van der Waals surface area contributed by atoms with E-state index in [0.29, 0.717) is 3.97 Å². The summed E-state index contributed by atoms with van der Waals surface area (Å²) < 4.78 is 24.8. The first-order valence-corrected chi connectivity index (χ1v) is 5.98. The van der Waals surface area contributed by atoms with Gasteiger partial charge < -0.3 is 5.73 Å². The third-order valence-electron chi connectivity index (χ3n) is 2.04. The number of amides is 1. The van der Waals surface area contributed by atoms with Gasteiger partial charge in [-0.3, -0.25) is 4.79 Å². The molecule has 88 valence electrons. The molecule has 0 aliphatic heterocycles. The molecule has 17 heavy (non-hydrogen) atoms. The SMILES string of the molecule is NC(=O)c1nncn1S(=O)(=O)c1ccccc1. The number of carbonyl (C=O) groups is 1. The van der Waals surface area contributed by atoms with Gasteiger partial charge in [0.05, 0.1) is 4.90 Å². The van der Waals surface area contributed by atoms with Crippen LogP contribution in [-0.2, 0) is 10.0 Å². The molecule has 1 aromatic heterocycles. The first-order valence-electron chi connectivity index (χ1n) is 4.54. The van der Waals surface area contributed by atoms with Gasteiger partial charge >= 0.3 is 0 Å². The highest BCUT2D eigenvalue weighted by Gasteiger charge is 2.23. The van der Waals surface area contributed by atoms with Crippen molar-refractivity contribution in [3.05, 3.63) is 42.5 Å². The fraction of sp³-hybridized carbons (Fsp3) is 0. The summed E-state index contributed by atoms with van der Waals surface area (Å²) in [6, 6.07) is 7.63. The molecule has 2 aromatic rings. The minimum absolute atomic E-state index is 0.0299. The summed E-state index contributed by atoms with van der Waals surface area (Å²) in [6.45, 7) is 0. The second-order valence-electron chi connectivity index (χ2n) is 3.13. The molecule has 0 spiro atoms. The predicted octanol–water partition coefficient (Wildman–Crippen LogP) is -0.386. The van der Waals surface area contributed by atoms with E-state index in [9.17, 15) is 13.2 Å². The molecule has 2 rings (SSSR count). The highest BCUT2D eigenvalue weighted by atomic mass is 32.2. The number of carbonyl (C=O) groups excluding carboxylic acids is 1. The van der Waals surface area contributed by atoms with Crippen LogP contribution in [0.15, 0.2) is 41.6 Å². The molecule has 1 heterocycles. The van der Waals surface area contributed by atoms with E-state index < -0.39 is 21.8 Å². The van der Waals surface area contributed by atoms with E-state index in [4.69, 9.17) is 5.73 Å². The summed E-state index contributed by atoms with van der Waals surface area (Å²) in [4.78, 5) is 11.0. The molecule has 1 amide bonds. The van der Waals surface area contributed by atoms with Crippen LogP contribution < -0.4 is 5.73 Å². The Kier molecular flexibility index (Phi) is 2.64. The molecule has 0 aliphatic carbocycles. The number of primary amides is 1. The number of aromatic nitrogens is 3. The van der Waals surface area contributed by atoms with Crippen LogP contribution in [0.25, 0.3) is 0 Å². The Hall–Kier alpha value is -2.22. The van der Waals surface area contributed by atoms with Crippen LogP contribution in [0.2, 0.25) is 0 Å². The Morgan fingerprint density at radius 3 is 2.47 bits per heavy atom. The van der Waals surface area contributed by atoms with Crippen molar-refractivity contribution >= 4 is 15.9 Å². The van der Waals surface area contributed by atoms with Gasteiger partial charge in [-0.15, -0.1) is 10.2 Å². The smallest absolute Gasteiger partial charge is 0.287 e. The van der Waals surface area contributed by atoms with Crippen molar-refractivity contribution in [2.75, 3.05) is 0 Å². The Labute approximate surface area is 96.9 Å². The second-order valence-corrected chi connectivity index (χ2v) is 4.95. The maximum atomic E-state index is 12.1. The van der Waals surface area contributed by atoms with E-state index in [0.717, 1.165) is 6.33 Å². The molecular weight excluding hydrogens is 244 g/mol. The van der Waals surface area contributed by atoms with Gasteiger partial charge in [0.15, 0.2) is 0 Å². The molecule has 8 heteroatoms. The zero-order chi connectivity index (χ0) is 12.5. The summed E-state index contributed by atoms with van der Waals surface area (Å²) in [7, 11) is -3.88. The van der Waals surface area contributed by atoms with Crippen molar-refractivity contribution in [3.63, 3.8) is 0 Å². The molecule has 0 saturated carbocycles. The van der Waals surface area contributed by atoms with E-state index in [1.165, 1.54) is 12.1 Å². The molecule has 0 aliphatic rings. The lowest BCUT2D eigenvalue weighted by molar-refractivity contribution is 0.0989. The second kappa shape index (κ2) is 3.98. The molecule has 0 atom stereocenters. The lowest BCUT2D eigenvalue weighted by atomic mass is 10.4. The lowest BCUT2D eigenvalue weighted by Gasteiger charge is -2.05.